The van der Waals surface area contributed by atoms with Crippen molar-refractivity contribution in [3.63, 3.8) is 0 Å². The van der Waals surface area contributed by atoms with Crippen molar-refractivity contribution in [3.05, 3.63) is 77.4 Å². The number of aryl methyl sites for hydroxylation is 1. The Balaban J connectivity index is 1.46. The van der Waals surface area contributed by atoms with Gasteiger partial charge in [-0.2, -0.15) is 0 Å². The van der Waals surface area contributed by atoms with Gasteiger partial charge in [0.2, 0.25) is 11.8 Å². The van der Waals surface area contributed by atoms with Crippen molar-refractivity contribution in [3.8, 4) is 0 Å². The molecule has 0 saturated heterocycles. The van der Waals surface area contributed by atoms with Crippen molar-refractivity contribution in [2.45, 2.75) is 39.3 Å². The van der Waals surface area contributed by atoms with Gasteiger partial charge in [-0.1, -0.05) is 54.1 Å². The van der Waals surface area contributed by atoms with Crippen molar-refractivity contribution in [2.24, 2.45) is 0 Å². The third kappa shape index (κ3) is 4.46. The standard InChI is InChI=1S/C27H29N3O3/c1-18-8-4-9-20(16-18)17-30(19(2)26(32)28-3)24(31)14-7-15-29-23-13-6-11-21-10-5-12-22(25(21)23)27(29)33/h4-6,8-13,16,19H,7,14-15,17H2,1-3H3,(H,28,32). The number of hydrogen-bond acceptors (Lipinski definition) is 3. The number of carbonyl (C=O) groups excluding carboxylic acids is 3. The summed E-state index contributed by atoms with van der Waals surface area (Å²) in [6.07, 6.45) is 0.767. The third-order valence-corrected chi connectivity index (χ3v) is 6.27. The third-order valence-electron chi connectivity index (χ3n) is 6.27. The lowest BCUT2D eigenvalue weighted by molar-refractivity contribution is -0.140. The van der Waals surface area contributed by atoms with Crippen molar-refractivity contribution in [1.29, 1.82) is 0 Å². The van der Waals surface area contributed by atoms with E-state index in [0.29, 0.717) is 25.1 Å². The smallest absolute Gasteiger partial charge is 0.258 e. The topological polar surface area (TPSA) is 69.7 Å². The summed E-state index contributed by atoms with van der Waals surface area (Å²) >= 11 is 0. The van der Waals surface area contributed by atoms with E-state index in [1.807, 2.05) is 67.6 Å². The molecule has 0 fully saturated rings. The first-order valence-corrected chi connectivity index (χ1v) is 11.3. The summed E-state index contributed by atoms with van der Waals surface area (Å²) in [6, 6.07) is 19.0. The van der Waals surface area contributed by atoms with Crippen LogP contribution < -0.4 is 10.2 Å². The van der Waals surface area contributed by atoms with Crippen LogP contribution in [-0.4, -0.2) is 42.3 Å². The number of benzene rings is 3. The number of anilines is 1. The maximum atomic E-state index is 13.2. The predicted octanol–water partition coefficient (Wildman–Crippen LogP) is 4.05. The molecule has 0 radical (unpaired) electrons. The van der Waals surface area contributed by atoms with Gasteiger partial charge in [0.05, 0.1) is 5.69 Å². The Kier molecular flexibility index (Phi) is 6.45. The maximum Gasteiger partial charge on any atom is 0.258 e. The van der Waals surface area contributed by atoms with Gasteiger partial charge in [0.25, 0.3) is 5.91 Å². The van der Waals surface area contributed by atoms with Crippen LogP contribution in [0.1, 0.15) is 41.3 Å². The molecule has 1 aliphatic rings. The van der Waals surface area contributed by atoms with E-state index in [4.69, 9.17) is 0 Å². The lowest BCUT2D eigenvalue weighted by Crippen LogP contribution is -2.46. The van der Waals surface area contributed by atoms with E-state index in [1.54, 1.807) is 23.8 Å². The van der Waals surface area contributed by atoms with E-state index in [2.05, 4.69) is 5.32 Å². The number of rotatable bonds is 8. The average Bonchev–Trinajstić information content (AvgIpc) is 3.09. The Hall–Kier alpha value is -3.67. The van der Waals surface area contributed by atoms with Gasteiger partial charge in [-0.3, -0.25) is 14.4 Å². The number of carbonyl (C=O) groups is 3. The maximum absolute atomic E-state index is 13.2. The zero-order chi connectivity index (χ0) is 23.5. The highest BCUT2D eigenvalue weighted by Crippen LogP contribution is 2.37. The molecule has 1 heterocycles. The minimum absolute atomic E-state index is 0.0235. The molecular weight excluding hydrogens is 414 g/mol. The van der Waals surface area contributed by atoms with E-state index in [-0.39, 0.29) is 24.1 Å². The first kappa shape index (κ1) is 22.5. The Morgan fingerprint density at radius 1 is 1.06 bits per heavy atom. The molecule has 1 aliphatic heterocycles. The van der Waals surface area contributed by atoms with E-state index in [1.165, 1.54) is 0 Å². The normalized spacial score (nSPS) is 13.3. The molecule has 0 bridgehead atoms. The van der Waals surface area contributed by atoms with Gasteiger partial charge in [-0.25, -0.2) is 0 Å². The summed E-state index contributed by atoms with van der Waals surface area (Å²) in [7, 11) is 1.57. The monoisotopic (exact) mass is 443 g/mol. The van der Waals surface area contributed by atoms with E-state index in [9.17, 15) is 14.4 Å². The fourth-order valence-electron chi connectivity index (χ4n) is 4.53. The highest BCUT2D eigenvalue weighted by Gasteiger charge is 2.30. The van der Waals surface area contributed by atoms with Gasteiger partial charge >= 0.3 is 0 Å². The molecule has 170 valence electrons. The molecular formula is C27H29N3O3. The van der Waals surface area contributed by atoms with Crippen molar-refractivity contribution in [2.75, 3.05) is 18.5 Å². The van der Waals surface area contributed by atoms with E-state index >= 15 is 0 Å². The molecule has 3 amide bonds. The van der Waals surface area contributed by atoms with Crippen LogP contribution in [0.3, 0.4) is 0 Å². The van der Waals surface area contributed by atoms with Crippen LogP contribution in [0.15, 0.2) is 60.7 Å². The summed E-state index contributed by atoms with van der Waals surface area (Å²) < 4.78 is 0. The van der Waals surface area contributed by atoms with Gasteiger partial charge in [0.1, 0.15) is 6.04 Å². The van der Waals surface area contributed by atoms with Crippen LogP contribution in [-0.2, 0) is 16.1 Å². The van der Waals surface area contributed by atoms with Gasteiger partial charge in [0.15, 0.2) is 0 Å². The minimum Gasteiger partial charge on any atom is -0.357 e. The van der Waals surface area contributed by atoms with Gasteiger partial charge in [0, 0.05) is 37.5 Å². The zero-order valence-electron chi connectivity index (χ0n) is 19.3. The molecule has 3 aromatic carbocycles. The highest BCUT2D eigenvalue weighted by molar-refractivity contribution is 6.25. The van der Waals surface area contributed by atoms with Gasteiger partial charge in [-0.15, -0.1) is 0 Å². The number of nitrogens with zero attached hydrogens (tertiary/aromatic N) is 2. The molecule has 1 N–H and O–H groups in total. The Morgan fingerprint density at radius 2 is 1.79 bits per heavy atom. The van der Waals surface area contributed by atoms with Gasteiger partial charge in [-0.05, 0) is 43.4 Å². The predicted molar refractivity (Wildman–Crippen MR) is 130 cm³/mol. The molecule has 3 aromatic rings. The number of hydrogen-bond donors (Lipinski definition) is 1. The molecule has 0 aromatic heterocycles. The summed E-state index contributed by atoms with van der Waals surface area (Å²) in [6.45, 7) is 4.56. The fraction of sp³-hybridized carbons (Fsp3) is 0.296. The van der Waals surface area contributed by atoms with E-state index in [0.717, 1.165) is 27.6 Å². The summed E-state index contributed by atoms with van der Waals surface area (Å²) in [5.74, 6) is -0.326. The molecule has 4 rings (SSSR count). The molecule has 6 heteroatoms. The van der Waals surface area contributed by atoms with Crippen LogP contribution in [0.5, 0.6) is 0 Å². The number of amides is 3. The quantitative estimate of drug-likeness (QED) is 0.571. The Morgan fingerprint density at radius 3 is 2.52 bits per heavy atom. The number of nitrogens with one attached hydrogen (secondary N) is 1. The van der Waals surface area contributed by atoms with Crippen LogP contribution in [0.2, 0.25) is 0 Å². The molecule has 1 unspecified atom stereocenters. The summed E-state index contributed by atoms with van der Waals surface area (Å²) in [4.78, 5) is 41.9. The fourth-order valence-corrected chi connectivity index (χ4v) is 4.53. The largest absolute Gasteiger partial charge is 0.357 e. The lowest BCUT2D eigenvalue weighted by atomic mass is 10.1. The molecule has 0 saturated carbocycles. The first-order chi connectivity index (χ1) is 15.9. The number of likely N-dealkylation sites (N-methyl/N-ethyl adjacent to an activating group) is 1. The Bertz CT molecular complexity index is 1210. The SMILES string of the molecule is CNC(=O)C(C)N(Cc1cccc(C)c1)C(=O)CCCN1C(=O)c2cccc3cccc1c23. The van der Waals surface area contributed by atoms with Crippen molar-refractivity contribution < 1.29 is 14.4 Å². The second kappa shape index (κ2) is 9.45. The summed E-state index contributed by atoms with van der Waals surface area (Å²) in [5.41, 5.74) is 3.70. The van der Waals surface area contributed by atoms with Crippen molar-refractivity contribution >= 4 is 34.2 Å². The average molecular weight is 444 g/mol. The van der Waals surface area contributed by atoms with Crippen LogP contribution in [0, 0.1) is 6.92 Å². The zero-order valence-corrected chi connectivity index (χ0v) is 19.3. The molecule has 1 atom stereocenters. The minimum atomic E-state index is -0.588. The second-order valence-electron chi connectivity index (χ2n) is 8.54. The molecule has 6 nitrogen and oxygen atoms in total. The van der Waals surface area contributed by atoms with Gasteiger partial charge < -0.3 is 15.1 Å². The molecule has 0 aliphatic carbocycles. The summed E-state index contributed by atoms with van der Waals surface area (Å²) in [5, 5.41) is 4.66. The highest BCUT2D eigenvalue weighted by atomic mass is 16.2. The lowest BCUT2D eigenvalue weighted by Gasteiger charge is -2.29. The molecule has 33 heavy (non-hydrogen) atoms. The second-order valence-corrected chi connectivity index (χ2v) is 8.54. The van der Waals surface area contributed by atoms with E-state index < -0.39 is 6.04 Å². The molecule has 0 spiro atoms. The van der Waals surface area contributed by atoms with Crippen LogP contribution in [0.25, 0.3) is 10.8 Å². The van der Waals surface area contributed by atoms with Crippen molar-refractivity contribution in [1.82, 2.24) is 10.2 Å². The Labute approximate surface area is 194 Å². The van der Waals surface area contributed by atoms with Crippen LogP contribution in [0.4, 0.5) is 5.69 Å². The van der Waals surface area contributed by atoms with Crippen LogP contribution >= 0.6 is 0 Å². The first-order valence-electron chi connectivity index (χ1n) is 11.3.